The third-order valence-corrected chi connectivity index (χ3v) is 5.40. The molecule has 0 radical (unpaired) electrons. The van der Waals surface area contributed by atoms with E-state index in [2.05, 4.69) is 15.3 Å². The minimum absolute atomic E-state index is 0.171. The molecule has 24 heavy (non-hydrogen) atoms. The van der Waals surface area contributed by atoms with Gasteiger partial charge in [-0.25, -0.2) is 14.8 Å². The van der Waals surface area contributed by atoms with Gasteiger partial charge in [-0.2, -0.15) is 0 Å². The number of carbonyl (C=O) groups is 2. The summed E-state index contributed by atoms with van der Waals surface area (Å²) in [5.74, 6) is -0.438. The zero-order valence-electron chi connectivity index (χ0n) is 13.8. The van der Waals surface area contributed by atoms with E-state index >= 15 is 0 Å². The number of esters is 1. The van der Waals surface area contributed by atoms with Crippen LogP contribution in [0.2, 0.25) is 0 Å². The fourth-order valence-corrected chi connectivity index (χ4v) is 3.84. The zero-order valence-corrected chi connectivity index (χ0v) is 15.4. The number of rotatable bonds is 7. The topological polar surface area (TPSA) is 81.2 Å². The second-order valence-electron chi connectivity index (χ2n) is 4.80. The molecule has 0 unspecified atom stereocenters. The van der Waals surface area contributed by atoms with E-state index in [1.807, 2.05) is 13.8 Å². The van der Waals surface area contributed by atoms with E-state index in [1.165, 1.54) is 23.1 Å². The predicted octanol–water partition coefficient (Wildman–Crippen LogP) is 3.32. The summed E-state index contributed by atoms with van der Waals surface area (Å²) in [4.78, 5) is 33.6. The average molecular weight is 365 g/mol. The number of aromatic nitrogens is 2. The second kappa shape index (κ2) is 8.79. The number of hydrogen-bond acceptors (Lipinski definition) is 7. The number of aryl methyl sites for hydroxylation is 1. The van der Waals surface area contributed by atoms with Crippen molar-refractivity contribution >= 4 is 40.0 Å². The van der Waals surface area contributed by atoms with Gasteiger partial charge in [0.25, 0.3) is 0 Å². The molecule has 2 heterocycles. The Morgan fingerprint density at radius 3 is 2.62 bits per heavy atom. The average Bonchev–Trinajstić information content (AvgIpc) is 2.89. The van der Waals surface area contributed by atoms with Gasteiger partial charge in [-0.05, 0) is 31.9 Å². The van der Waals surface area contributed by atoms with Gasteiger partial charge in [0.05, 0.1) is 17.9 Å². The van der Waals surface area contributed by atoms with E-state index < -0.39 is 5.97 Å². The van der Waals surface area contributed by atoms with Crippen LogP contribution in [0.15, 0.2) is 23.6 Å². The van der Waals surface area contributed by atoms with E-state index in [0.29, 0.717) is 22.3 Å². The van der Waals surface area contributed by atoms with Gasteiger partial charge in [0.1, 0.15) is 5.00 Å². The molecule has 0 spiro atoms. The van der Waals surface area contributed by atoms with Crippen LogP contribution in [0.5, 0.6) is 0 Å². The summed E-state index contributed by atoms with van der Waals surface area (Å²) < 4.78 is 5.11. The molecule has 0 bridgehead atoms. The van der Waals surface area contributed by atoms with E-state index in [1.54, 1.807) is 25.4 Å². The Morgan fingerprint density at radius 1 is 1.29 bits per heavy atom. The summed E-state index contributed by atoms with van der Waals surface area (Å²) in [5.41, 5.74) is 1.32. The van der Waals surface area contributed by atoms with Crippen LogP contribution >= 0.6 is 23.1 Å². The van der Waals surface area contributed by atoms with Gasteiger partial charge in [-0.1, -0.05) is 18.7 Å². The number of amides is 1. The van der Waals surface area contributed by atoms with Gasteiger partial charge in [0.2, 0.25) is 5.91 Å². The first-order valence-corrected chi connectivity index (χ1v) is 9.36. The number of nitrogens with one attached hydrogen (secondary N) is 1. The van der Waals surface area contributed by atoms with E-state index in [0.717, 1.165) is 16.9 Å². The first kappa shape index (κ1) is 18.4. The molecule has 1 N–H and O–H groups in total. The summed E-state index contributed by atoms with van der Waals surface area (Å²) in [6.45, 7) is 5.95. The largest absolute Gasteiger partial charge is 0.462 e. The number of carbonyl (C=O) groups excluding carboxylic acids is 2. The SMILES string of the molecule is CCOC(=O)c1c(NC(=O)CSc2ncccn2)sc(CC)c1C. The van der Waals surface area contributed by atoms with Crippen molar-refractivity contribution in [2.24, 2.45) is 0 Å². The van der Waals surface area contributed by atoms with Crippen LogP contribution in [0.3, 0.4) is 0 Å². The second-order valence-corrected chi connectivity index (χ2v) is 6.84. The Morgan fingerprint density at radius 2 is 2.00 bits per heavy atom. The van der Waals surface area contributed by atoms with Gasteiger partial charge in [0.15, 0.2) is 5.16 Å². The highest BCUT2D eigenvalue weighted by atomic mass is 32.2. The Labute approximate surface area is 149 Å². The van der Waals surface area contributed by atoms with E-state index in [-0.39, 0.29) is 11.7 Å². The lowest BCUT2D eigenvalue weighted by molar-refractivity contribution is -0.113. The van der Waals surface area contributed by atoms with Gasteiger partial charge in [0, 0.05) is 17.3 Å². The molecule has 2 aromatic rings. The van der Waals surface area contributed by atoms with Crippen molar-refractivity contribution in [2.45, 2.75) is 32.3 Å². The molecule has 0 aliphatic rings. The quantitative estimate of drug-likeness (QED) is 0.460. The molecule has 6 nitrogen and oxygen atoms in total. The maximum absolute atomic E-state index is 12.2. The lowest BCUT2D eigenvalue weighted by atomic mass is 10.1. The number of nitrogens with zero attached hydrogens (tertiary/aromatic N) is 2. The number of thiophene rings is 1. The van der Waals surface area contributed by atoms with Crippen LogP contribution < -0.4 is 5.32 Å². The fraction of sp³-hybridized carbons (Fsp3) is 0.375. The molecule has 0 aliphatic heterocycles. The zero-order chi connectivity index (χ0) is 17.5. The van der Waals surface area contributed by atoms with Gasteiger partial charge < -0.3 is 10.1 Å². The highest BCUT2D eigenvalue weighted by Crippen LogP contribution is 2.34. The molecular weight excluding hydrogens is 346 g/mol. The molecular formula is C16H19N3O3S2. The van der Waals surface area contributed by atoms with Crippen LogP contribution in [0.4, 0.5) is 5.00 Å². The van der Waals surface area contributed by atoms with Crippen molar-refractivity contribution in [3.8, 4) is 0 Å². The number of hydrogen-bond donors (Lipinski definition) is 1. The van der Waals surface area contributed by atoms with Crippen molar-refractivity contribution in [1.29, 1.82) is 0 Å². The highest BCUT2D eigenvalue weighted by molar-refractivity contribution is 7.99. The third-order valence-electron chi connectivity index (χ3n) is 3.17. The molecule has 0 aliphatic carbocycles. The summed E-state index contributed by atoms with van der Waals surface area (Å²) in [6, 6.07) is 1.72. The predicted molar refractivity (Wildman–Crippen MR) is 95.8 cm³/mol. The summed E-state index contributed by atoms with van der Waals surface area (Å²) in [7, 11) is 0. The summed E-state index contributed by atoms with van der Waals surface area (Å²) in [6.07, 6.45) is 4.05. The molecule has 2 aromatic heterocycles. The molecule has 0 fully saturated rings. The molecule has 1 amide bonds. The van der Waals surface area contributed by atoms with Gasteiger partial charge in [-0.15, -0.1) is 11.3 Å². The molecule has 0 atom stereocenters. The molecule has 0 saturated heterocycles. The highest BCUT2D eigenvalue weighted by Gasteiger charge is 2.22. The first-order chi connectivity index (χ1) is 11.6. The number of anilines is 1. The van der Waals surface area contributed by atoms with Crippen LogP contribution in [-0.4, -0.2) is 34.2 Å². The molecule has 0 aromatic carbocycles. The van der Waals surface area contributed by atoms with Gasteiger partial charge in [-0.3, -0.25) is 4.79 Å². The molecule has 128 valence electrons. The summed E-state index contributed by atoms with van der Waals surface area (Å²) in [5, 5.41) is 3.90. The number of thioether (sulfide) groups is 1. The monoisotopic (exact) mass is 365 g/mol. The van der Waals surface area contributed by atoms with Crippen LogP contribution in [0, 0.1) is 6.92 Å². The maximum Gasteiger partial charge on any atom is 0.341 e. The number of ether oxygens (including phenoxy) is 1. The fourth-order valence-electron chi connectivity index (χ4n) is 2.09. The van der Waals surface area contributed by atoms with Crippen LogP contribution in [-0.2, 0) is 16.0 Å². The minimum atomic E-state index is -0.403. The lowest BCUT2D eigenvalue weighted by Crippen LogP contribution is -2.16. The van der Waals surface area contributed by atoms with Crippen molar-refractivity contribution in [3.05, 3.63) is 34.5 Å². The molecule has 8 heteroatoms. The third kappa shape index (κ3) is 4.55. The smallest absolute Gasteiger partial charge is 0.341 e. The minimum Gasteiger partial charge on any atom is -0.462 e. The Hall–Kier alpha value is -1.93. The standard InChI is InChI=1S/C16H19N3O3S2/c1-4-11-10(3)13(15(21)22-5-2)14(24-11)19-12(20)9-23-16-17-7-6-8-18-16/h6-8H,4-5,9H2,1-3H3,(H,19,20). The lowest BCUT2D eigenvalue weighted by Gasteiger charge is -2.06. The maximum atomic E-state index is 12.2. The Bertz CT molecular complexity index is 717. The van der Waals surface area contributed by atoms with Crippen molar-refractivity contribution < 1.29 is 14.3 Å². The first-order valence-electron chi connectivity index (χ1n) is 7.55. The Balaban J connectivity index is 2.10. The van der Waals surface area contributed by atoms with E-state index in [4.69, 9.17) is 4.74 Å². The summed E-state index contributed by atoms with van der Waals surface area (Å²) >= 11 is 2.66. The molecule has 0 saturated carbocycles. The van der Waals surface area contributed by atoms with Crippen molar-refractivity contribution in [3.63, 3.8) is 0 Å². The molecule has 2 rings (SSSR count). The van der Waals surface area contributed by atoms with Gasteiger partial charge >= 0.3 is 5.97 Å². The van der Waals surface area contributed by atoms with Crippen molar-refractivity contribution in [1.82, 2.24) is 9.97 Å². The van der Waals surface area contributed by atoms with E-state index in [9.17, 15) is 9.59 Å². The van der Waals surface area contributed by atoms with Crippen LogP contribution in [0.25, 0.3) is 0 Å². The normalized spacial score (nSPS) is 10.5. The van der Waals surface area contributed by atoms with Crippen molar-refractivity contribution in [2.75, 3.05) is 17.7 Å². The Kier molecular flexibility index (Phi) is 6.74. The van der Waals surface area contributed by atoms with Crippen LogP contribution in [0.1, 0.15) is 34.6 Å².